The number of halogens is 1. The summed E-state index contributed by atoms with van der Waals surface area (Å²) in [6.45, 7) is 2.59. The highest BCUT2D eigenvalue weighted by Crippen LogP contribution is 2.30. The molecule has 2 saturated heterocycles. The van der Waals surface area contributed by atoms with Crippen molar-refractivity contribution in [3.63, 3.8) is 0 Å². The first-order valence-corrected chi connectivity index (χ1v) is 13.7. The van der Waals surface area contributed by atoms with Crippen LogP contribution in [0.4, 0.5) is 5.69 Å². The minimum absolute atomic E-state index is 0.0794. The summed E-state index contributed by atoms with van der Waals surface area (Å²) in [7, 11) is -2.49. The van der Waals surface area contributed by atoms with Crippen molar-refractivity contribution in [2.45, 2.75) is 35.9 Å². The molecule has 2 fully saturated rings. The Hall–Kier alpha value is -1.99. The van der Waals surface area contributed by atoms with Gasteiger partial charge in [0.1, 0.15) is 14.1 Å². The minimum atomic E-state index is -3.74. The molecule has 4 rings (SSSR count). The van der Waals surface area contributed by atoms with E-state index in [1.807, 2.05) is 0 Å². The van der Waals surface area contributed by atoms with Gasteiger partial charge < -0.3 is 14.8 Å². The zero-order valence-electron chi connectivity index (χ0n) is 18.7. The average molecular weight is 531 g/mol. The molecule has 0 spiro atoms. The first kappa shape index (κ1) is 25.1. The predicted octanol–water partition coefficient (Wildman–Crippen LogP) is 2.61. The number of hydrogen-bond donors (Lipinski definition) is 1. The maximum Gasteiger partial charge on any atom is 0.348 e. The molecule has 2 aromatic heterocycles. The van der Waals surface area contributed by atoms with E-state index in [9.17, 15) is 18.0 Å². The van der Waals surface area contributed by atoms with Gasteiger partial charge in [-0.25, -0.2) is 17.9 Å². The first-order chi connectivity index (χ1) is 16.3. The van der Waals surface area contributed by atoms with Crippen molar-refractivity contribution in [3.05, 3.63) is 38.6 Å². The summed E-state index contributed by atoms with van der Waals surface area (Å²) in [5.41, 5.74) is 0.0986. The fourth-order valence-corrected chi connectivity index (χ4v) is 7.22. The van der Waals surface area contributed by atoms with E-state index in [1.165, 1.54) is 28.2 Å². The quantitative estimate of drug-likeness (QED) is 0.542. The van der Waals surface area contributed by atoms with Crippen LogP contribution in [-0.4, -0.2) is 68.4 Å². The molecular weight excluding hydrogens is 504 g/mol. The van der Waals surface area contributed by atoms with E-state index in [1.54, 1.807) is 6.20 Å². The summed E-state index contributed by atoms with van der Waals surface area (Å²) in [5, 5.41) is 7.60. The highest BCUT2D eigenvalue weighted by atomic mass is 35.5. The molecule has 1 N–H and O–H groups in total. The Labute approximate surface area is 206 Å². The summed E-state index contributed by atoms with van der Waals surface area (Å²) in [4.78, 5) is 24.7. The average Bonchev–Trinajstić information content (AvgIpc) is 3.37. The van der Waals surface area contributed by atoms with Crippen LogP contribution in [0.2, 0.25) is 5.02 Å². The van der Waals surface area contributed by atoms with Crippen molar-refractivity contribution in [2.75, 3.05) is 45.3 Å². The number of methoxy groups -OCH3 is 1. The number of aromatic nitrogens is 2. The Kier molecular flexibility index (Phi) is 7.93. The van der Waals surface area contributed by atoms with Crippen LogP contribution in [0, 0.1) is 5.92 Å². The smallest absolute Gasteiger partial charge is 0.348 e. The largest absolute Gasteiger partial charge is 0.465 e. The molecule has 0 aromatic carbocycles. The lowest BCUT2D eigenvalue weighted by Crippen LogP contribution is -2.41. The number of nitrogens with one attached hydrogen (secondary N) is 1. The second-order valence-electron chi connectivity index (χ2n) is 8.33. The Morgan fingerprint density at radius 2 is 2.09 bits per heavy atom. The molecule has 2 aliphatic heterocycles. The molecule has 2 aromatic rings. The van der Waals surface area contributed by atoms with E-state index in [-0.39, 0.29) is 33.2 Å². The van der Waals surface area contributed by atoms with E-state index in [0.29, 0.717) is 37.6 Å². The Morgan fingerprint density at radius 1 is 1.32 bits per heavy atom. The number of carbonyl (C=O) groups excluding carboxylic acids is 1. The minimum Gasteiger partial charge on any atom is -0.465 e. The molecule has 10 nitrogen and oxygen atoms in total. The molecule has 4 heterocycles. The first-order valence-electron chi connectivity index (χ1n) is 11.1. The molecule has 186 valence electrons. The normalized spacial score (nSPS) is 20.2. The molecule has 0 bridgehead atoms. The third-order valence-electron chi connectivity index (χ3n) is 6.11. The van der Waals surface area contributed by atoms with E-state index >= 15 is 0 Å². The molecule has 2 aliphatic rings. The van der Waals surface area contributed by atoms with Crippen molar-refractivity contribution in [1.82, 2.24) is 14.1 Å². The van der Waals surface area contributed by atoms with Crippen molar-refractivity contribution >= 4 is 44.6 Å². The number of thiophene rings is 1. The third-order valence-corrected chi connectivity index (χ3v) is 9.91. The van der Waals surface area contributed by atoms with Gasteiger partial charge >= 0.3 is 5.97 Å². The topological polar surface area (TPSA) is 120 Å². The maximum atomic E-state index is 13.0. The Balaban J connectivity index is 1.39. The van der Waals surface area contributed by atoms with Crippen molar-refractivity contribution < 1.29 is 22.7 Å². The van der Waals surface area contributed by atoms with Gasteiger partial charge in [0.25, 0.3) is 15.6 Å². The van der Waals surface area contributed by atoms with Crippen LogP contribution in [0.15, 0.2) is 27.3 Å². The zero-order chi connectivity index (χ0) is 24.3. The van der Waals surface area contributed by atoms with Crippen LogP contribution >= 0.6 is 22.9 Å². The number of rotatable bonds is 7. The lowest BCUT2D eigenvalue weighted by molar-refractivity contribution is 0.0594. The zero-order valence-corrected chi connectivity index (χ0v) is 21.1. The van der Waals surface area contributed by atoms with Gasteiger partial charge in [0, 0.05) is 26.2 Å². The number of anilines is 1. The van der Waals surface area contributed by atoms with Gasteiger partial charge in [0.15, 0.2) is 0 Å². The van der Waals surface area contributed by atoms with Crippen molar-refractivity contribution in [2.24, 2.45) is 5.92 Å². The standard InChI is InChI=1S/C21H27ClN4O6S2/c1-31-21(28)17-4-5-18(33-17)34(29,30)25-8-6-15(7-9-25)26-20(27)19(22)16(12-24-26)23-11-14-3-2-10-32-13-14/h4-5,12,14-15,23H,2-3,6-11,13H2,1H3/t14-/m1/s1. The van der Waals surface area contributed by atoms with Crippen LogP contribution in [-0.2, 0) is 19.5 Å². The number of sulfonamides is 1. The SMILES string of the molecule is COC(=O)c1ccc(S(=O)(=O)N2CCC(n3ncc(NC[C@H]4CCCOC4)c(Cl)c3=O)CC2)s1. The summed E-state index contributed by atoms with van der Waals surface area (Å²) < 4.78 is 38.9. The van der Waals surface area contributed by atoms with Gasteiger partial charge in [-0.05, 0) is 43.7 Å². The lowest BCUT2D eigenvalue weighted by atomic mass is 10.0. The highest BCUT2D eigenvalue weighted by Gasteiger charge is 2.32. The molecule has 0 radical (unpaired) electrons. The van der Waals surface area contributed by atoms with Crippen LogP contribution < -0.4 is 10.9 Å². The summed E-state index contributed by atoms with van der Waals surface area (Å²) >= 11 is 7.23. The molecule has 0 amide bonds. The van der Waals surface area contributed by atoms with Gasteiger partial charge in [-0.1, -0.05) is 11.6 Å². The Bertz CT molecular complexity index is 1180. The lowest BCUT2D eigenvalue weighted by Gasteiger charge is -2.31. The number of hydrogen-bond acceptors (Lipinski definition) is 9. The maximum absolute atomic E-state index is 13.0. The van der Waals surface area contributed by atoms with Gasteiger partial charge in [0.2, 0.25) is 0 Å². The number of ether oxygens (including phenoxy) is 2. The molecule has 1 atom stereocenters. The fourth-order valence-electron chi connectivity index (χ4n) is 4.17. The second kappa shape index (κ2) is 10.7. The predicted molar refractivity (Wildman–Crippen MR) is 128 cm³/mol. The van der Waals surface area contributed by atoms with Crippen molar-refractivity contribution in [1.29, 1.82) is 0 Å². The fraction of sp³-hybridized carbons (Fsp3) is 0.571. The number of carbonyl (C=O) groups is 1. The number of esters is 1. The molecular formula is C21H27ClN4O6S2. The van der Waals surface area contributed by atoms with Gasteiger partial charge in [-0.2, -0.15) is 9.40 Å². The summed E-state index contributed by atoms with van der Waals surface area (Å²) in [6, 6.07) is 2.60. The van der Waals surface area contributed by atoms with Gasteiger partial charge in [-0.3, -0.25) is 4.79 Å². The van der Waals surface area contributed by atoms with Crippen LogP contribution in [0.1, 0.15) is 41.4 Å². The summed E-state index contributed by atoms with van der Waals surface area (Å²) in [5.74, 6) is -0.205. The third kappa shape index (κ3) is 5.30. The van der Waals surface area contributed by atoms with E-state index in [0.717, 1.165) is 30.8 Å². The number of piperidine rings is 1. The van der Waals surface area contributed by atoms with Gasteiger partial charge in [0.05, 0.1) is 31.6 Å². The van der Waals surface area contributed by atoms with Crippen molar-refractivity contribution in [3.8, 4) is 0 Å². The number of nitrogens with zero attached hydrogens (tertiary/aromatic N) is 3. The van der Waals surface area contributed by atoms with Crippen LogP contribution in [0.5, 0.6) is 0 Å². The summed E-state index contributed by atoms with van der Waals surface area (Å²) in [6.07, 6.45) is 4.48. The van der Waals surface area contributed by atoms with E-state index in [2.05, 4.69) is 15.2 Å². The van der Waals surface area contributed by atoms with Crippen LogP contribution in [0.3, 0.4) is 0 Å². The second-order valence-corrected chi connectivity index (χ2v) is 12.0. The molecule has 0 saturated carbocycles. The molecule has 0 aliphatic carbocycles. The van der Waals surface area contributed by atoms with Crippen LogP contribution in [0.25, 0.3) is 0 Å². The van der Waals surface area contributed by atoms with E-state index < -0.39 is 21.6 Å². The van der Waals surface area contributed by atoms with E-state index in [4.69, 9.17) is 16.3 Å². The Morgan fingerprint density at radius 3 is 2.76 bits per heavy atom. The molecule has 0 unspecified atom stereocenters. The molecule has 34 heavy (non-hydrogen) atoms. The monoisotopic (exact) mass is 530 g/mol. The van der Waals surface area contributed by atoms with Gasteiger partial charge in [-0.15, -0.1) is 11.3 Å². The molecule has 13 heteroatoms. The highest BCUT2D eigenvalue weighted by molar-refractivity contribution is 7.91.